The van der Waals surface area contributed by atoms with Crippen LogP contribution >= 0.6 is 7.82 Å². The van der Waals surface area contributed by atoms with Gasteiger partial charge in [-0.3, -0.25) is 0 Å². The SMILES string of the molecule is O=P(O)(O)O.[Ag].[NaH]. The van der Waals surface area contributed by atoms with E-state index in [0.29, 0.717) is 0 Å². The molecular formula is H4AgNaO4P. The van der Waals surface area contributed by atoms with Gasteiger partial charge < -0.3 is 14.7 Å². The van der Waals surface area contributed by atoms with Gasteiger partial charge in [0.25, 0.3) is 0 Å². The first kappa shape index (κ1) is 15.9. The Bertz CT molecular complexity index is 57.8. The third-order valence-electron chi connectivity index (χ3n) is 0. The van der Waals surface area contributed by atoms with E-state index in [0.717, 1.165) is 0 Å². The summed E-state index contributed by atoms with van der Waals surface area (Å²) in [6.07, 6.45) is 0. The zero-order valence-corrected chi connectivity index (χ0v) is 4.88. The molecule has 0 amide bonds. The molecule has 0 aromatic carbocycles. The molecule has 45 valence electrons. The molecule has 0 spiro atoms. The van der Waals surface area contributed by atoms with Crippen molar-refractivity contribution >= 4 is 37.4 Å². The molecule has 0 aromatic rings. The third kappa shape index (κ3) is 78.5. The maximum atomic E-state index is 8.88. The monoisotopic (exact) mass is 229 g/mol. The number of hydrogen-bond donors (Lipinski definition) is 3. The fourth-order valence-corrected chi connectivity index (χ4v) is 0. The van der Waals surface area contributed by atoms with Gasteiger partial charge in [-0.1, -0.05) is 0 Å². The van der Waals surface area contributed by atoms with E-state index < -0.39 is 7.82 Å². The van der Waals surface area contributed by atoms with Crippen LogP contribution in [0.2, 0.25) is 0 Å². The van der Waals surface area contributed by atoms with Crippen molar-refractivity contribution < 1.29 is 41.6 Å². The summed E-state index contributed by atoms with van der Waals surface area (Å²) < 4.78 is 8.88. The summed E-state index contributed by atoms with van der Waals surface area (Å²) in [5.74, 6) is 0. The molecule has 0 aliphatic heterocycles. The van der Waals surface area contributed by atoms with Crippen molar-refractivity contribution in [3.63, 3.8) is 0 Å². The zero-order chi connectivity index (χ0) is 4.50. The van der Waals surface area contributed by atoms with Gasteiger partial charge in [0, 0.05) is 22.4 Å². The molecule has 0 saturated heterocycles. The predicted octanol–water partition coefficient (Wildman–Crippen LogP) is -1.58. The van der Waals surface area contributed by atoms with Crippen LogP contribution in [0.15, 0.2) is 0 Å². The standard InChI is InChI=1S/Ag.Na.H3O4P.H/c;;1-5(2,3)4;/h;;(H3,1,2,3,4);. The second kappa shape index (κ2) is 5.98. The Morgan fingerprint density at radius 3 is 1.14 bits per heavy atom. The Balaban J connectivity index is -0.0000000800. The molecule has 7 heteroatoms. The molecule has 0 aliphatic carbocycles. The van der Waals surface area contributed by atoms with Crippen LogP contribution in [0.4, 0.5) is 0 Å². The van der Waals surface area contributed by atoms with Crippen molar-refractivity contribution in [3.8, 4) is 0 Å². The Morgan fingerprint density at radius 1 is 1.14 bits per heavy atom. The number of rotatable bonds is 0. The van der Waals surface area contributed by atoms with Gasteiger partial charge in [-0.05, 0) is 0 Å². The van der Waals surface area contributed by atoms with E-state index in [1.54, 1.807) is 0 Å². The molecule has 1 radical (unpaired) electrons. The second-order valence-electron chi connectivity index (χ2n) is 0.513. The van der Waals surface area contributed by atoms with Crippen LogP contribution in [0, 0.1) is 0 Å². The van der Waals surface area contributed by atoms with Crippen molar-refractivity contribution in [2.75, 3.05) is 0 Å². The Kier molecular flexibility index (Phi) is 13.6. The van der Waals surface area contributed by atoms with E-state index in [1.165, 1.54) is 0 Å². The molecular weight excluding hydrogens is 226 g/mol. The maximum absolute atomic E-state index is 8.88. The fourth-order valence-electron chi connectivity index (χ4n) is 0. The van der Waals surface area contributed by atoms with E-state index in [9.17, 15) is 0 Å². The van der Waals surface area contributed by atoms with Crippen molar-refractivity contribution in [1.29, 1.82) is 0 Å². The summed E-state index contributed by atoms with van der Waals surface area (Å²) in [5.41, 5.74) is 0. The van der Waals surface area contributed by atoms with Gasteiger partial charge in [-0.15, -0.1) is 0 Å². The normalized spacial score (nSPS) is 8.43. The number of phosphoric acid groups is 1. The molecule has 0 unspecified atom stereocenters. The summed E-state index contributed by atoms with van der Waals surface area (Å²) in [7, 11) is -4.64. The van der Waals surface area contributed by atoms with Crippen LogP contribution in [0.25, 0.3) is 0 Å². The van der Waals surface area contributed by atoms with Gasteiger partial charge in [0.1, 0.15) is 0 Å². The van der Waals surface area contributed by atoms with Crippen molar-refractivity contribution in [2.24, 2.45) is 0 Å². The van der Waals surface area contributed by atoms with Gasteiger partial charge in [0.15, 0.2) is 0 Å². The second-order valence-corrected chi connectivity index (χ2v) is 1.54. The molecule has 0 heterocycles. The molecule has 0 fully saturated rings. The summed E-state index contributed by atoms with van der Waals surface area (Å²) in [6.45, 7) is 0. The molecule has 0 atom stereocenters. The topological polar surface area (TPSA) is 77.8 Å². The van der Waals surface area contributed by atoms with Crippen molar-refractivity contribution in [3.05, 3.63) is 0 Å². The van der Waals surface area contributed by atoms with Crippen LogP contribution in [0.1, 0.15) is 0 Å². The van der Waals surface area contributed by atoms with Crippen LogP contribution in [0.3, 0.4) is 0 Å². The summed E-state index contributed by atoms with van der Waals surface area (Å²) >= 11 is 0. The van der Waals surface area contributed by atoms with Crippen molar-refractivity contribution in [2.45, 2.75) is 0 Å². The average molecular weight is 230 g/mol. The number of hydrogen-bond acceptors (Lipinski definition) is 1. The summed E-state index contributed by atoms with van der Waals surface area (Å²) in [5, 5.41) is 0. The predicted molar refractivity (Wildman–Crippen MR) is 21.4 cm³/mol. The Morgan fingerprint density at radius 2 is 1.14 bits per heavy atom. The Hall–Kier alpha value is 1.85. The van der Waals surface area contributed by atoms with Crippen molar-refractivity contribution in [1.82, 2.24) is 0 Å². The zero-order valence-electron chi connectivity index (χ0n) is 2.50. The van der Waals surface area contributed by atoms with Crippen LogP contribution in [-0.2, 0) is 26.9 Å². The molecule has 0 aromatic heterocycles. The van der Waals surface area contributed by atoms with E-state index in [4.69, 9.17) is 19.2 Å². The minimum atomic E-state index is -4.64. The van der Waals surface area contributed by atoms with E-state index >= 15 is 0 Å². The molecule has 4 nitrogen and oxygen atoms in total. The van der Waals surface area contributed by atoms with Gasteiger partial charge in [-0.25, -0.2) is 4.57 Å². The average Bonchev–Trinajstić information content (AvgIpc) is 0.722. The van der Waals surface area contributed by atoms with Crippen LogP contribution in [-0.4, -0.2) is 44.2 Å². The van der Waals surface area contributed by atoms with Gasteiger partial charge >= 0.3 is 37.4 Å². The quantitative estimate of drug-likeness (QED) is 0.346. The van der Waals surface area contributed by atoms with Gasteiger partial charge in [0.2, 0.25) is 0 Å². The van der Waals surface area contributed by atoms with E-state index in [2.05, 4.69) is 0 Å². The Labute approximate surface area is 78.4 Å². The van der Waals surface area contributed by atoms with E-state index in [-0.39, 0.29) is 51.9 Å². The van der Waals surface area contributed by atoms with Crippen LogP contribution < -0.4 is 0 Å². The van der Waals surface area contributed by atoms with E-state index in [1.807, 2.05) is 0 Å². The fraction of sp³-hybridized carbons (Fsp3) is 0. The summed E-state index contributed by atoms with van der Waals surface area (Å²) in [6, 6.07) is 0. The van der Waals surface area contributed by atoms with Crippen LogP contribution in [0.5, 0.6) is 0 Å². The molecule has 0 saturated carbocycles. The first-order valence-electron chi connectivity index (χ1n) is 0.783. The first-order valence-corrected chi connectivity index (χ1v) is 2.35. The first-order chi connectivity index (χ1) is 2.00. The minimum absolute atomic E-state index is 0. The third-order valence-corrected chi connectivity index (χ3v) is 0. The molecule has 0 bridgehead atoms. The summed E-state index contributed by atoms with van der Waals surface area (Å²) in [4.78, 5) is 21.6. The van der Waals surface area contributed by atoms with Gasteiger partial charge in [-0.2, -0.15) is 0 Å². The molecule has 0 aliphatic rings. The molecule has 7 heavy (non-hydrogen) atoms. The molecule has 0 rings (SSSR count). The molecule has 3 N–H and O–H groups in total. The van der Waals surface area contributed by atoms with Gasteiger partial charge in [0.05, 0.1) is 0 Å².